The first-order valence-corrected chi connectivity index (χ1v) is 12.0. The van der Waals surface area contributed by atoms with Gasteiger partial charge in [-0.05, 0) is 57.2 Å². The summed E-state index contributed by atoms with van der Waals surface area (Å²) in [5.41, 5.74) is 2.86. The van der Waals surface area contributed by atoms with E-state index in [0.717, 1.165) is 36.2 Å². The van der Waals surface area contributed by atoms with E-state index in [9.17, 15) is 10.1 Å². The van der Waals surface area contributed by atoms with E-state index in [1.165, 1.54) is 29.6 Å². The van der Waals surface area contributed by atoms with Crippen molar-refractivity contribution in [1.82, 2.24) is 24.9 Å². The Bertz CT molecular complexity index is 1250. The standard InChI is InChI=1S/C23H25N7O3S/c1-4-28(5-2)18-11-9-17(10-12-18)22-25-26-23(29(22)6-3)34-15-20-24-21(27-33-20)16-7-13-19(14-8-16)30(31)32/h7-14H,4-6,15H2,1-3H3. The molecule has 0 amide bonds. The number of anilines is 1. The molecule has 0 N–H and O–H groups in total. The number of non-ortho nitro benzene ring substituents is 1. The van der Waals surface area contributed by atoms with Gasteiger partial charge in [-0.2, -0.15) is 4.98 Å². The number of hydrogen-bond acceptors (Lipinski definition) is 9. The van der Waals surface area contributed by atoms with Crippen molar-refractivity contribution >= 4 is 23.1 Å². The smallest absolute Gasteiger partial charge is 0.269 e. The molecule has 4 aromatic rings. The van der Waals surface area contributed by atoms with Crippen molar-refractivity contribution in [3.63, 3.8) is 0 Å². The van der Waals surface area contributed by atoms with E-state index in [0.29, 0.717) is 23.0 Å². The van der Waals surface area contributed by atoms with Crippen molar-refractivity contribution in [2.24, 2.45) is 0 Å². The fraction of sp³-hybridized carbons (Fsp3) is 0.304. The molecule has 34 heavy (non-hydrogen) atoms. The van der Waals surface area contributed by atoms with Gasteiger partial charge in [0.1, 0.15) is 0 Å². The molecule has 0 aliphatic heterocycles. The zero-order chi connectivity index (χ0) is 24.1. The van der Waals surface area contributed by atoms with Crippen LogP contribution in [0.3, 0.4) is 0 Å². The molecule has 0 radical (unpaired) electrons. The normalized spacial score (nSPS) is 11.0. The lowest BCUT2D eigenvalue weighted by Gasteiger charge is -2.21. The van der Waals surface area contributed by atoms with Gasteiger partial charge in [-0.1, -0.05) is 16.9 Å². The van der Waals surface area contributed by atoms with Gasteiger partial charge in [-0.3, -0.25) is 10.1 Å². The second-order valence-corrected chi connectivity index (χ2v) is 8.32. The molecule has 176 valence electrons. The third-order valence-electron chi connectivity index (χ3n) is 5.42. The van der Waals surface area contributed by atoms with E-state index in [1.807, 2.05) is 0 Å². The molecule has 0 atom stereocenters. The van der Waals surface area contributed by atoms with Crippen LogP contribution in [0.15, 0.2) is 58.2 Å². The first-order valence-electron chi connectivity index (χ1n) is 11.0. The molecular weight excluding hydrogens is 454 g/mol. The Morgan fingerprint density at radius 3 is 2.29 bits per heavy atom. The monoisotopic (exact) mass is 479 g/mol. The van der Waals surface area contributed by atoms with Gasteiger partial charge in [-0.25, -0.2) is 0 Å². The van der Waals surface area contributed by atoms with Crippen molar-refractivity contribution in [1.29, 1.82) is 0 Å². The van der Waals surface area contributed by atoms with Gasteiger partial charge in [-0.15, -0.1) is 10.2 Å². The van der Waals surface area contributed by atoms with Crippen molar-refractivity contribution in [2.45, 2.75) is 38.2 Å². The van der Waals surface area contributed by atoms with Crippen LogP contribution in [-0.2, 0) is 12.3 Å². The van der Waals surface area contributed by atoms with E-state index in [4.69, 9.17) is 4.52 Å². The Hall–Kier alpha value is -3.73. The van der Waals surface area contributed by atoms with Crippen LogP contribution < -0.4 is 4.90 Å². The fourth-order valence-corrected chi connectivity index (χ4v) is 4.43. The highest BCUT2D eigenvalue weighted by Crippen LogP contribution is 2.28. The van der Waals surface area contributed by atoms with E-state index < -0.39 is 4.92 Å². The topological polar surface area (TPSA) is 116 Å². The maximum absolute atomic E-state index is 10.8. The number of rotatable bonds is 10. The first-order chi connectivity index (χ1) is 16.5. The highest BCUT2D eigenvalue weighted by Gasteiger charge is 2.16. The molecule has 2 aromatic heterocycles. The van der Waals surface area contributed by atoms with Gasteiger partial charge in [0.25, 0.3) is 5.69 Å². The molecule has 0 spiro atoms. The summed E-state index contributed by atoms with van der Waals surface area (Å²) < 4.78 is 7.42. The molecule has 0 aliphatic carbocycles. The van der Waals surface area contributed by atoms with Crippen LogP contribution in [0.4, 0.5) is 11.4 Å². The summed E-state index contributed by atoms with van der Waals surface area (Å²) in [6, 6.07) is 14.4. The molecule has 0 saturated carbocycles. The Balaban J connectivity index is 1.46. The second-order valence-electron chi connectivity index (χ2n) is 7.37. The number of benzene rings is 2. The Labute approximate surface area is 201 Å². The number of nitrogens with zero attached hydrogens (tertiary/aromatic N) is 7. The molecule has 2 heterocycles. The van der Waals surface area contributed by atoms with Gasteiger partial charge < -0.3 is 14.0 Å². The van der Waals surface area contributed by atoms with E-state index in [2.05, 4.69) is 74.8 Å². The lowest BCUT2D eigenvalue weighted by atomic mass is 10.2. The summed E-state index contributed by atoms with van der Waals surface area (Å²) in [5.74, 6) is 2.07. The number of aromatic nitrogens is 5. The predicted octanol–water partition coefficient (Wildman–Crippen LogP) is 5.06. The first kappa shape index (κ1) is 23.4. The average molecular weight is 480 g/mol. The van der Waals surface area contributed by atoms with E-state index >= 15 is 0 Å². The minimum atomic E-state index is -0.445. The van der Waals surface area contributed by atoms with Gasteiger partial charge in [0.15, 0.2) is 11.0 Å². The maximum Gasteiger partial charge on any atom is 0.269 e. The van der Waals surface area contributed by atoms with Gasteiger partial charge in [0.05, 0.1) is 10.7 Å². The minimum absolute atomic E-state index is 0.0143. The van der Waals surface area contributed by atoms with Crippen LogP contribution in [0, 0.1) is 10.1 Å². The number of thioether (sulfide) groups is 1. The molecule has 0 unspecified atom stereocenters. The SMILES string of the molecule is CCN(CC)c1ccc(-c2nnc(SCc3nc(-c4ccc([N+](=O)[O-])cc4)no3)n2CC)cc1. The molecule has 2 aromatic carbocycles. The van der Waals surface area contributed by atoms with Gasteiger partial charge in [0.2, 0.25) is 11.7 Å². The largest absolute Gasteiger partial charge is 0.372 e. The molecule has 10 nitrogen and oxygen atoms in total. The summed E-state index contributed by atoms with van der Waals surface area (Å²) in [6.07, 6.45) is 0. The zero-order valence-corrected chi connectivity index (χ0v) is 20.0. The summed E-state index contributed by atoms with van der Waals surface area (Å²) in [4.78, 5) is 17.1. The second kappa shape index (κ2) is 10.5. The molecular formula is C23H25N7O3S. The lowest BCUT2D eigenvalue weighted by molar-refractivity contribution is -0.384. The van der Waals surface area contributed by atoms with Gasteiger partial charge in [0, 0.05) is 48.6 Å². The summed E-state index contributed by atoms with van der Waals surface area (Å²) in [6.45, 7) is 8.99. The molecule has 4 rings (SSSR count). The van der Waals surface area contributed by atoms with Crippen molar-refractivity contribution < 1.29 is 9.45 Å². The fourth-order valence-electron chi connectivity index (χ4n) is 3.59. The van der Waals surface area contributed by atoms with E-state index in [1.54, 1.807) is 12.1 Å². The number of nitro benzene ring substituents is 1. The Morgan fingerprint density at radius 1 is 1.00 bits per heavy atom. The van der Waals surface area contributed by atoms with Crippen LogP contribution in [0.1, 0.15) is 26.7 Å². The van der Waals surface area contributed by atoms with Crippen molar-refractivity contribution in [2.75, 3.05) is 18.0 Å². The molecule has 0 aliphatic rings. The number of hydrogen-bond donors (Lipinski definition) is 0. The lowest BCUT2D eigenvalue weighted by Crippen LogP contribution is -2.21. The van der Waals surface area contributed by atoms with Crippen molar-refractivity contribution in [3.05, 3.63) is 64.5 Å². The zero-order valence-electron chi connectivity index (χ0n) is 19.2. The molecule has 0 fully saturated rings. The van der Waals surface area contributed by atoms with E-state index in [-0.39, 0.29) is 5.69 Å². The van der Waals surface area contributed by atoms with Crippen molar-refractivity contribution in [3.8, 4) is 22.8 Å². The third kappa shape index (κ3) is 4.93. The average Bonchev–Trinajstić information content (AvgIpc) is 3.51. The van der Waals surface area contributed by atoms with Crippen LogP contribution >= 0.6 is 11.8 Å². The van der Waals surface area contributed by atoms with Crippen LogP contribution in [-0.4, -0.2) is 42.9 Å². The highest BCUT2D eigenvalue weighted by molar-refractivity contribution is 7.98. The summed E-state index contributed by atoms with van der Waals surface area (Å²) in [7, 11) is 0. The van der Waals surface area contributed by atoms with Gasteiger partial charge >= 0.3 is 0 Å². The highest BCUT2D eigenvalue weighted by atomic mass is 32.2. The third-order valence-corrected chi connectivity index (χ3v) is 6.37. The maximum atomic E-state index is 10.8. The Kier molecular flexibility index (Phi) is 7.21. The van der Waals surface area contributed by atoms with Crippen LogP contribution in [0.2, 0.25) is 0 Å². The summed E-state index contributed by atoms with van der Waals surface area (Å²) in [5, 5.41) is 24.4. The quantitative estimate of drug-likeness (QED) is 0.175. The van der Waals surface area contributed by atoms with Crippen LogP contribution in [0.5, 0.6) is 0 Å². The molecule has 11 heteroatoms. The minimum Gasteiger partial charge on any atom is -0.372 e. The number of nitro groups is 1. The predicted molar refractivity (Wildman–Crippen MR) is 131 cm³/mol. The summed E-state index contributed by atoms with van der Waals surface area (Å²) >= 11 is 1.47. The Morgan fingerprint density at radius 2 is 1.68 bits per heavy atom. The van der Waals surface area contributed by atoms with Crippen LogP contribution in [0.25, 0.3) is 22.8 Å². The molecule has 0 saturated heterocycles. The molecule has 0 bridgehead atoms.